The van der Waals surface area contributed by atoms with Crippen molar-refractivity contribution < 1.29 is 28.7 Å². The third-order valence-electron chi connectivity index (χ3n) is 6.43. The molecular weight excluding hydrogens is 484 g/mol. The molecule has 5 rings (SSSR count). The summed E-state index contributed by atoms with van der Waals surface area (Å²) in [4.78, 5) is 28.2. The molecule has 1 aliphatic heterocycles. The number of carbonyl (C=O) groups is 2. The Balaban J connectivity index is 1.38. The summed E-state index contributed by atoms with van der Waals surface area (Å²) in [5, 5.41) is 30.3. The van der Waals surface area contributed by atoms with Crippen molar-refractivity contribution in [3.05, 3.63) is 42.7 Å². The number of benzene rings is 1. The van der Waals surface area contributed by atoms with Gasteiger partial charge in [-0.3, -0.25) is 14.5 Å². The van der Waals surface area contributed by atoms with E-state index in [1.165, 1.54) is 42.8 Å². The Morgan fingerprint density at radius 1 is 1.32 bits per heavy atom. The summed E-state index contributed by atoms with van der Waals surface area (Å²) >= 11 is 0. The predicted molar refractivity (Wildman–Crippen MR) is 130 cm³/mol. The SMILES string of the molecule is COc1cc(-n2ccc(N3CCOC(C)(C(C)(O)C(=O)Nc4ccc5c(N)noc5c4)C3=O)n2)cnn1. The van der Waals surface area contributed by atoms with Gasteiger partial charge in [0.2, 0.25) is 5.88 Å². The lowest BCUT2D eigenvalue weighted by Crippen LogP contribution is -2.69. The predicted octanol–water partition coefficient (Wildman–Crippen LogP) is 0.906. The molecule has 1 aromatic carbocycles. The normalized spacial score (nSPS) is 19.6. The third kappa shape index (κ3) is 4.01. The number of fused-ring (bicyclic) bond motifs is 1. The molecule has 2 atom stereocenters. The van der Waals surface area contributed by atoms with Gasteiger partial charge in [-0.05, 0) is 26.0 Å². The molecule has 1 aliphatic rings. The van der Waals surface area contributed by atoms with Crippen LogP contribution < -0.4 is 20.7 Å². The number of ether oxygens (including phenoxy) is 2. The van der Waals surface area contributed by atoms with Crippen molar-refractivity contribution in [3.8, 4) is 11.6 Å². The minimum absolute atomic E-state index is 0.0620. The molecule has 0 aliphatic carbocycles. The molecule has 2 unspecified atom stereocenters. The molecule has 14 nitrogen and oxygen atoms in total. The van der Waals surface area contributed by atoms with Gasteiger partial charge in [-0.1, -0.05) is 5.16 Å². The summed E-state index contributed by atoms with van der Waals surface area (Å²) in [7, 11) is 1.47. The number of hydrogen-bond acceptors (Lipinski definition) is 11. The van der Waals surface area contributed by atoms with Crippen molar-refractivity contribution in [1.82, 2.24) is 25.1 Å². The zero-order valence-electron chi connectivity index (χ0n) is 20.2. The highest BCUT2D eigenvalue weighted by atomic mass is 16.5. The van der Waals surface area contributed by atoms with Crippen LogP contribution >= 0.6 is 0 Å². The van der Waals surface area contributed by atoms with Crippen molar-refractivity contribution in [2.75, 3.05) is 36.2 Å². The van der Waals surface area contributed by atoms with Crippen LogP contribution in [0.5, 0.6) is 5.88 Å². The third-order valence-corrected chi connectivity index (χ3v) is 6.43. The van der Waals surface area contributed by atoms with Gasteiger partial charge in [0.1, 0.15) is 0 Å². The van der Waals surface area contributed by atoms with Crippen molar-refractivity contribution in [3.63, 3.8) is 0 Å². The molecule has 2 amide bonds. The lowest BCUT2D eigenvalue weighted by Gasteiger charge is -2.45. The van der Waals surface area contributed by atoms with E-state index in [4.69, 9.17) is 19.7 Å². The summed E-state index contributed by atoms with van der Waals surface area (Å²) in [5.74, 6) is -0.654. The lowest BCUT2D eigenvalue weighted by atomic mass is 9.82. The van der Waals surface area contributed by atoms with Crippen LogP contribution in [0.15, 0.2) is 47.2 Å². The number of nitrogens with zero attached hydrogens (tertiary/aromatic N) is 6. The van der Waals surface area contributed by atoms with Gasteiger partial charge in [0, 0.05) is 30.1 Å². The maximum Gasteiger partial charge on any atom is 0.263 e. The van der Waals surface area contributed by atoms with Crippen LogP contribution in [0.25, 0.3) is 16.7 Å². The Bertz CT molecular complexity index is 1500. The molecule has 3 aromatic heterocycles. The summed E-state index contributed by atoms with van der Waals surface area (Å²) in [6.07, 6.45) is 3.13. The number of carbonyl (C=O) groups excluding carboxylic acids is 2. The van der Waals surface area contributed by atoms with Crippen LogP contribution in [0.1, 0.15) is 13.8 Å². The standard InChI is InChI=1S/C23H24N8O6/c1-22(34,20(32)26-13-4-5-15-16(10-13)37-29-19(15)24)23(2)21(33)30(8-9-36-23)17-6-7-31(28-17)14-11-18(35-3)27-25-12-14/h4-7,10-12,34H,8-9H2,1-3H3,(H2,24,29)(H,26,32). The number of aromatic nitrogens is 5. The van der Waals surface area contributed by atoms with Crippen LogP contribution in [0.2, 0.25) is 0 Å². The highest BCUT2D eigenvalue weighted by Gasteiger charge is 2.58. The molecule has 0 saturated carbocycles. The fraction of sp³-hybridized carbons (Fsp3) is 0.304. The molecule has 1 saturated heterocycles. The second-order valence-electron chi connectivity index (χ2n) is 8.72. The van der Waals surface area contributed by atoms with Gasteiger partial charge in [-0.15, -0.1) is 10.2 Å². The number of hydrogen-bond donors (Lipinski definition) is 3. The molecule has 0 bridgehead atoms. The summed E-state index contributed by atoms with van der Waals surface area (Å²) in [5.41, 5.74) is 2.79. The first kappa shape index (κ1) is 24.1. The fourth-order valence-electron chi connectivity index (χ4n) is 4.00. The molecule has 192 valence electrons. The topological polar surface area (TPSA) is 184 Å². The van der Waals surface area contributed by atoms with Crippen molar-refractivity contribution in [1.29, 1.82) is 0 Å². The molecule has 14 heteroatoms. The summed E-state index contributed by atoms with van der Waals surface area (Å²) in [6, 6.07) is 7.98. The van der Waals surface area contributed by atoms with Crippen LogP contribution in [0.4, 0.5) is 17.3 Å². The van der Waals surface area contributed by atoms with Gasteiger partial charge < -0.3 is 30.2 Å². The Morgan fingerprint density at radius 3 is 2.92 bits per heavy atom. The van der Waals surface area contributed by atoms with E-state index in [1.54, 1.807) is 30.5 Å². The lowest BCUT2D eigenvalue weighted by molar-refractivity contribution is -0.190. The average molecular weight is 508 g/mol. The smallest absolute Gasteiger partial charge is 0.263 e. The number of amides is 2. The Kier molecular flexibility index (Phi) is 5.76. The Hall–Kier alpha value is -4.56. The maximum atomic E-state index is 13.6. The fourth-order valence-corrected chi connectivity index (χ4v) is 4.00. The number of rotatable bonds is 6. The van der Waals surface area contributed by atoms with Gasteiger partial charge in [0.05, 0.1) is 37.5 Å². The zero-order valence-corrected chi connectivity index (χ0v) is 20.2. The molecule has 4 aromatic rings. The van der Waals surface area contributed by atoms with Gasteiger partial charge in [-0.25, -0.2) is 4.68 Å². The molecule has 0 radical (unpaired) electrons. The van der Waals surface area contributed by atoms with Crippen LogP contribution in [-0.2, 0) is 14.3 Å². The highest BCUT2D eigenvalue weighted by molar-refractivity contribution is 6.08. The molecule has 4 heterocycles. The van der Waals surface area contributed by atoms with E-state index in [0.29, 0.717) is 34.0 Å². The number of aliphatic hydroxyl groups is 1. The number of morpholine rings is 1. The monoisotopic (exact) mass is 508 g/mol. The first-order valence-corrected chi connectivity index (χ1v) is 11.2. The number of nitrogens with two attached hydrogens (primary N) is 1. The van der Waals surface area contributed by atoms with Gasteiger partial charge in [0.15, 0.2) is 28.4 Å². The van der Waals surface area contributed by atoms with Crippen molar-refractivity contribution >= 4 is 40.1 Å². The molecule has 0 spiro atoms. The van der Waals surface area contributed by atoms with E-state index < -0.39 is 23.0 Å². The quantitative estimate of drug-likeness (QED) is 0.336. The van der Waals surface area contributed by atoms with Crippen molar-refractivity contribution in [2.24, 2.45) is 0 Å². The van der Waals surface area contributed by atoms with Crippen LogP contribution in [0, 0.1) is 0 Å². The minimum Gasteiger partial charge on any atom is -0.480 e. The molecule has 1 fully saturated rings. The first-order valence-electron chi connectivity index (χ1n) is 11.2. The van der Waals surface area contributed by atoms with E-state index in [9.17, 15) is 14.7 Å². The van der Waals surface area contributed by atoms with E-state index >= 15 is 0 Å². The van der Waals surface area contributed by atoms with Crippen LogP contribution in [0.3, 0.4) is 0 Å². The number of anilines is 3. The Morgan fingerprint density at radius 2 is 2.14 bits per heavy atom. The highest BCUT2D eigenvalue weighted by Crippen LogP contribution is 2.34. The van der Waals surface area contributed by atoms with Crippen molar-refractivity contribution in [2.45, 2.75) is 25.0 Å². The minimum atomic E-state index is -2.26. The second kappa shape index (κ2) is 8.83. The van der Waals surface area contributed by atoms with E-state index in [1.807, 2.05) is 0 Å². The maximum absolute atomic E-state index is 13.6. The zero-order chi connectivity index (χ0) is 26.4. The van der Waals surface area contributed by atoms with Gasteiger partial charge >= 0.3 is 0 Å². The average Bonchev–Trinajstić information content (AvgIpc) is 3.53. The largest absolute Gasteiger partial charge is 0.480 e. The summed E-state index contributed by atoms with van der Waals surface area (Å²) < 4.78 is 17.5. The van der Waals surface area contributed by atoms with E-state index in [2.05, 4.69) is 25.8 Å². The first-order chi connectivity index (χ1) is 17.6. The number of nitrogens with one attached hydrogen (secondary N) is 1. The molecule has 4 N–H and O–H groups in total. The number of methoxy groups -OCH3 is 1. The van der Waals surface area contributed by atoms with E-state index in [-0.39, 0.29) is 19.0 Å². The van der Waals surface area contributed by atoms with Gasteiger partial charge in [0.25, 0.3) is 11.8 Å². The second-order valence-corrected chi connectivity index (χ2v) is 8.72. The Labute approximate surface area is 209 Å². The molecular formula is C23H24N8O6. The summed E-state index contributed by atoms with van der Waals surface area (Å²) in [6.45, 7) is 2.83. The van der Waals surface area contributed by atoms with Gasteiger partial charge in [-0.2, -0.15) is 5.10 Å². The van der Waals surface area contributed by atoms with E-state index in [0.717, 1.165) is 0 Å². The molecule has 37 heavy (non-hydrogen) atoms. The number of nitrogen functional groups attached to an aromatic ring is 1. The van der Waals surface area contributed by atoms with Crippen LogP contribution in [-0.4, -0.2) is 73.5 Å².